The highest BCUT2D eigenvalue weighted by molar-refractivity contribution is 6.31. The first-order valence-corrected chi connectivity index (χ1v) is 4.58. The molecule has 0 radical (unpaired) electrons. The van der Waals surface area contributed by atoms with Crippen LogP contribution in [0.4, 0.5) is 0 Å². The first-order valence-electron chi connectivity index (χ1n) is 4.21. The van der Waals surface area contributed by atoms with Gasteiger partial charge in [0.05, 0.1) is 16.7 Å². The molecular formula is C10H9ClN2. The second-order valence-corrected chi connectivity index (χ2v) is 3.28. The summed E-state index contributed by atoms with van der Waals surface area (Å²) in [5.41, 5.74) is 2.77. The average Bonchev–Trinajstić information content (AvgIpc) is 2.17. The van der Waals surface area contributed by atoms with Crippen molar-refractivity contribution >= 4 is 22.6 Å². The summed E-state index contributed by atoms with van der Waals surface area (Å²) in [4.78, 5) is 8.68. The lowest BCUT2D eigenvalue weighted by Crippen LogP contribution is -1.90. The highest BCUT2D eigenvalue weighted by Crippen LogP contribution is 2.15. The van der Waals surface area contributed by atoms with Gasteiger partial charge in [-0.25, -0.2) is 4.98 Å². The van der Waals surface area contributed by atoms with Crippen molar-refractivity contribution in [2.24, 2.45) is 0 Å². The summed E-state index contributed by atoms with van der Waals surface area (Å²) >= 11 is 5.82. The number of nitrogens with zero attached hydrogens (tertiary/aromatic N) is 2. The van der Waals surface area contributed by atoms with Gasteiger partial charge in [0, 0.05) is 11.2 Å². The summed E-state index contributed by atoms with van der Waals surface area (Å²) in [6, 6.07) is 5.55. The summed E-state index contributed by atoms with van der Waals surface area (Å²) in [6.07, 6.45) is 2.70. The van der Waals surface area contributed by atoms with Gasteiger partial charge in [0.1, 0.15) is 0 Å². The van der Waals surface area contributed by atoms with Crippen LogP contribution in [-0.2, 0) is 6.42 Å². The van der Waals surface area contributed by atoms with Gasteiger partial charge in [0.25, 0.3) is 0 Å². The van der Waals surface area contributed by atoms with E-state index in [0.29, 0.717) is 5.02 Å². The lowest BCUT2D eigenvalue weighted by Gasteiger charge is -1.99. The number of hydrogen-bond acceptors (Lipinski definition) is 2. The fourth-order valence-electron chi connectivity index (χ4n) is 1.19. The van der Waals surface area contributed by atoms with Crippen LogP contribution >= 0.6 is 11.6 Å². The Balaban J connectivity index is 2.66. The Morgan fingerprint density at radius 3 is 2.92 bits per heavy atom. The standard InChI is InChI=1S/C10H9ClN2/c1-2-8-6-12-10-5-7(11)3-4-9(10)13-8/h3-6H,2H2,1H3. The van der Waals surface area contributed by atoms with Crippen molar-refractivity contribution in [3.63, 3.8) is 0 Å². The van der Waals surface area contributed by atoms with Crippen LogP contribution in [0.2, 0.25) is 5.02 Å². The Morgan fingerprint density at radius 1 is 1.31 bits per heavy atom. The lowest BCUT2D eigenvalue weighted by molar-refractivity contribution is 1.03. The van der Waals surface area contributed by atoms with Crippen LogP contribution < -0.4 is 0 Å². The molecule has 1 aromatic heterocycles. The number of benzene rings is 1. The summed E-state index contributed by atoms with van der Waals surface area (Å²) < 4.78 is 0. The van der Waals surface area contributed by atoms with E-state index in [-0.39, 0.29) is 0 Å². The van der Waals surface area contributed by atoms with Crippen molar-refractivity contribution in [2.45, 2.75) is 13.3 Å². The van der Waals surface area contributed by atoms with Gasteiger partial charge in [-0.05, 0) is 24.6 Å². The van der Waals surface area contributed by atoms with E-state index in [4.69, 9.17) is 11.6 Å². The molecule has 0 unspecified atom stereocenters. The van der Waals surface area contributed by atoms with E-state index in [0.717, 1.165) is 23.1 Å². The zero-order valence-corrected chi connectivity index (χ0v) is 8.04. The van der Waals surface area contributed by atoms with Crippen LogP contribution in [-0.4, -0.2) is 9.97 Å². The molecular weight excluding hydrogens is 184 g/mol. The van der Waals surface area contributed by atoms with Crippen molar-refractivity contribution in [3.8, 4) is 0 Å². The molecule has 0 bridgehead atoms. The van der Waals surface area contributed by atoms with Gasteiger partial charge in [-0.15, -0.1) is 0 Å². The molecule has 1 heterocycles. The molecule has 0 saturated carbocycles. The molecule has 2 aromatic rings. The third kappa shape index (κ3) is 1.63. The maximum absolute atomic E-state index is 5.82. The lowest BCUT2D eigenvalue weighted by atomic mass is 10.3. The molecule has 3 heteroatoms. The van der Waals surface area contributed by atoms with Gasteiger partial charge in [-0.3, -0.25) is 4.98 Å². The van der Waals surface area contributed by atoms with Gasteiger partial charge in [0.15, 0.2) is 0 Å². The normalized spacial score (nSPS) is 10.6. The molecule has 0 saturated heterocycles. The van der Waals surface area contributed by atoms with E-state index in [2.05, 4.69) is 16.9 Å². The van der Waals surface area contributed by atoms with E-state index < -0.39 is 0 Å². The first-order chi connectivity index (χ1) is 6.29. The van der Waals surface area contributed by atoms with Crippen molar-refractivity contribution < 1.29 is 0 Å². The number of aromatic nitrogens is 2. The molecule has 0 aliphatic rings. The summed E-state index contributed by atoms with van der Waals surface area (Å²) in [5.74, 6) is 0. The molecule has 66 valence electrons. The maximum Gasteiger partial charge on any atom is 0.0901 e. The van der Waals surface area contributed by atoms with Gasteiger partial charge >= 0.3 is 0 Å². The van der Waals surface area contributed by atoms with Gasteiger partial charge in [0.2, 0.25) is 0 Å². The molecule has 0 amide bonds. The summed E-state index contributed by atoms with van der Waals surface area (Å²) in [7, 11) is 0. The highest BCUT2D eigenvalue weighted by atomic mass is 35.5. The molecule has 2 rings (SSSR count). The predicted octanol–water partition coefficient (Wildman–Crippen LogP) is 2.85. The Bertz CT molecular complexity index is 440. The van der Waals surface area contributed by atoms with Gasteiger partial charge < -0.3 is 0 Å². The summed E-state index contributed by atoms with van der Waals surface area (Å²) in [5, 5.41) is 0.700. The van der Waals surface area contributed by atoms with Crippen molar-refractivity contribution in [3.05, 3.63) is 35.1 Å². The smallest absolute Gasteiger partial charge is 0.0901 e. The number of rotatable bonds is 1. The Labute approximate surface area is 81.6 Å². The maximum atomic E-state index is 5.82. The Kier molecular flexibility index (Phi) is 2.15. The minimum Gasteiger partial charge on any atom is -0.253 e. The Morgan fingerprint density at radius 2 is 2.15 bits per heavy atom. The van der Waals surface area contributed by atoms with Crippen molar-refractivity contribution in [1.82, 2.24) is 9.97 Å². The SMILES string of the molecule is CCc1cnc2cc(Cl)ccc2n1. The second kappa shape index (κ2) is 3.30. The predicted molar refractivity (Wildman–Crippen MR) is 53.9 cm³/mol. The quantitative estimate of drug-likeness (QED) is 0.695. The molecule has 1 aromatic carbocycles. The molecule has 0 fully saturated rings. The van der Waals surface area contributed by atoms with E-state index in [1.54, 1.807) is 6.20 Å². The topological polar surface area (TPSA) is 25.8 Å². The molecule has 0 spiro atoms. The third-order valence-corrected chi connectivity index (χ3v) is 2.15. The highest BCUT2D eigenvalue weighted by Gasteiger charge is 1.98. The summed E-state index contributed by atoms with van der Waals surface area (Å²) in [6.45, 7) is 2.06. The largest absolute Gasteiger partial charge is 0.253 e. The zero-order valence-electron chi connectivity index (χ0n) is 7.29. The third-order valence-electron chi connectivity index (χ3n) is 1.92. The Hall–Kier alpha value is -1.15. The molecule has 0 aliphatic carbocycles. The van der Waals surface area contributed by atoms with E-state index >= 15 is 0 Å². The van der Waals surface area contributed by atoms with Crippen LogP contribution in [0.25, 0.3) is 11.0 Å². The van der Waals surface area contributed by atoms with E-state index in [9.17, 15) is 0 Å². The number of aryl methyl sites for hydroxylation is 1. The number of fused-ring (bicyclic) bond motifs is 1. The molecule has 2 nitrogen and oxygen atoms in total. The van der Waals surface area contributed by atoms with Gasteiger partial charge in [-0.1, -0.05) is 18.5 Å². The van der Waals surface area contributed by atoms with Crippen LogP contribution in [0, 0.1) is 0 Å². The van der Waals surface area contributed by atoms with Crippen LogP contribution in [0.15, 0.2) is 24.4 Å². The number of halogens is 1. The first kappa shape index (κ1) is 8.45. The minimum atomic E-state index is 0.700. The molecule has 13 heavy (non-hydrogen) atoms. The van der Waals surface area contributed by atoms with E-state index in [1.807, 2.05) is 18.2 Å². The van der Waals surface area contributed by atoms with Crippen LogP contribution in [0.1, 0.15) is 12.6 Å². The fraction of sp³-hybridized carbons (Fsp3) is 0.200. The average molecular weight is 193 g/mol. The second-order valence-electron chi connectivity index (χ2n) is 2.85. The zero-order chi connectivity index (χ0) is 9.26. The molecule has 0 aliphatic heterocycles. The molecule has 0 atom stereocenters. The van der Waals surface area contributed by atoms with Crippen molar-refractivity contribution in [1.29, 1.82) is 0 Å². The van der Waals surface area contributed by atoms with Crippen molar-refractivity contribution in [2.75, 3.05) is 0 Å². The van der Waals surface area contributed by atoms with E-state index in [1.165, 1.54) is 0 Å². The monoisotopic (exact) mass is 192 g/mol. The fourth-order valence-corrected chi connectivity index (χ4v) is 1.36. The van der Waals surface area contributed by atoms with Crippen LogP contribution in [0.3, 0.4) is 0 Å². The number of hydrogen-bond donors (Lipinski definition) is 0. The van der Waals surface area contributed by atoms with Gasteiger partial charge in [-0.2, -0.15) is 0 Å². The van der Waals surface area contributed by atoms with Crippen LogP contribution in [0.5, 0.6) is 0 Å². The molecule has 0 N–H and O–H groups in total. The minimum absolute atomic E-state index is 0.700.